The molecule has 0 unspecified atom stereocenters. The number of nitrogens with zero attached hydrogens (tertiary/aromatic N) is 1. The van der Waals surface area contributed by atoms with E-state index in [4.69, 9.17) is 5.26 Å². The molecule has 0 bridgehead atoms. The first-order valence-corrected chi connectivity index (χ1v) is 3.37. The lowest BCUT2D eigenvalue weighted by molar-refractivity contribution is -0.107. The molecule has 0 fully saturated rings. The van der Waals surface area contributed by atoms with Crippen LogP contribution in [0.15, 0.2) is 12.2 Å². The first kappa shape index (κ1) is 8.90. The second-order valence-electron chi connectivity index (χ2n) is 1.91. The van der Waals surface area contributed by atoms with Crippen LogP contribution in [0.4, 0.5) is 0 Å². The van der Waals surface area contributed by atoms with Gasteiger partial charge in [-0.3, -0.25) is 0 Å². The number of nitriles is 1. The summed E-state index contributed by atoms with van der Waals surface area (Å²) in [5.74, 6) is 0. The maximum atomic E-state index is 9.81. The largest absolute Gasteiger partial charge is 0.303 e. The molecule has 0 spiro atoms. The molecule has 0 N–H and O–H groups in total. The third kappa shape index (κ3) is 6.90. The Labute approximate surface area is 61.2 Å². The fourth-order valence-electron chi connectivity index (χ4n) is 0.548. The number of hydrogen-bond acceptors (Lipinski definition) is 2. The van der Waals surface area contributed by atoms with Gasteiger partial charge in [0.1, 0.15) is 6.29 Å². The van der Waals surface area contributed by atoms with Gasteiger partial charge in [-0.15, -0.1) is 0 Å². The van der Waals surface area contributed by atoms with Crippen LogP contribution in [-0.2, 0) is 4.79 Å². The summed E-state index contributed by atoms with van der Waals surface area (Å²) < 4.78 is 0. The van der Waals surface area contributed by atoms with E-state index in [1.54, 1.807) is 0 Å². The first-order chi connectivity index (χ1) is 4.91. The van der Waals surface area contributed by atoms with Crippen LogP contribution in [0.25, 0.3) is 0 Å². The highest BCUT2D eigenvalue weighted by Crippen LogP contribution is 1.92. The topological polar surface area (TPSA) is 40.9 Å². The zero-order chi connectivity index (χ0) is 7.66. The molecule has 0 aliphatic heterocycles. The first-order valence-electron chi connectivity index (χ1n) is 3.37. The standard InChI is InChI=1S/C8H11NO/c9-7-5-3-1-2-4-6-8-10/h1-2,8H,3-6H2/b2-1+. The minimum absolute atomic E-state index is 0.567. The lowest BCUT2D eigenvalue weighted by Crippen LogP contribution is -1.70. The van der Waals surface area contributed by atoms with Crippen molar-refractivity contribution in [3.63, 3.8) is 0 Å². The molecule has 0 saturated heterocycles. The van der Waals surface area contributed by atoms with Gasteiger partial charge in [-0.05, 0) is 12.8 Å². The molecule has 0 aliphatic rings. The van der Waals surface area contributed by atoms with Gasteiger partial charge in [0.05, 0.1) is 6.07 Å². The van der Waals surface area contributed by atoms with E-state index in [1.807, 2.05) is 18.2 Å². The van der Waals surface area contributed by atoms with Crippen LogP contribution in [0.5, 0.6) is 0 Å². The van der Waals surface area contributed by atoms with E-state index in [9.17, 15) is 4.79 Å². The van der Waals surface area contributed by atoms with Gasteiger partial charge < -0.3 is 4.79 Å². The highest BCUT2D eigenvalue weighted by molar-refractivity contribution is 5.49. The molecular weight excluding hydrogens is 126 g/mol. The van der Waals surface area contributed by atoms with Gasteiger partial charge >= 0.3 is 0 Å². The van der Waals surface area contributed by atoms with Crippen LogP contribution in [0.2, 0.25) is 0 Å². The van der Waals surface area contributed by atoms with Crippen molar-refractivity contribution in [3.05, 3.63) is 12.2 Å². The molecule has 0 heterocycles. The van der Waals surface area contributed by atoms with E-state index in [2.05, 4.69) is 0 Å². The Hall–Kier alpha value is -1.10. The van der Waals surface area contributed by atoms with Crippen molar-refractivity contribution >= 4 is 6.29 Å². The average molecular weight is 137 g/mol. The van der Waals surface area contributed by atoms with Crippen molar-refractivity contribution in [1.29, 1.82) is 5.26 Å². The van der Waals surface area contributed by atoms with E-state index in [0.29, 0.717) is 12.8 Å². The number of carbonyl (C=O) groups is 1. The summed E-state index contributed by atoms with van der Waals surface area (Å²) >= 11 is 0. The monoisotopic (exact) mass is 137 g/mol. The Balaban J connectivity index is 3.05. The van der Waals surface area contributed by atoms with Crippen molar-refractivity contribution in [2.75, 3.05) is 0 Å². The maximum Gasteiger partial charge on any atom is 0.120 e. The third-order valence-electron chi connectivity index (χ3n) is 1.04. The SMILES string of the molecule is N#CCC/C=C/CCC=O. The Morgan fingerprint density at radius 2 is 1.90 bits per heavy atom. The molecule has 0 amide bonds. The van der Waals surface area contributed by atoms with Gasteiger partial charge in [0.2, 0.25) is 0 Å². The number of unbranched alkanes of at least 4 members (excludes halogenated alkanes) is 2. The van der Waals surface area contributed by atoms with Crippen molar-refractivity contribution in [2.24, 2.45) is 0 Å². The van der Waals surface area contributed by atoms with Crippen LogP contribution >= 0.6 is 0 Å². The molecule has 2 nitrogen and oxygen atoms in total. The molecule has 0 saturated carbocycles. The van der Waals surface area contributed by atoms with Crippen LogP contribution in [-0.4, -0.2) is 6.29 Å². The fraction of sp³-hybridized carbons (Fsp3) is 0.500. The van der Waals surface area contributed by atoms with Crippen LogP contribution in [0.1, 0.15) is 25.7 Å². The maximum absolute atomic E-state index is 9.81. The Morgan fingerprint density at radius 1 is 1.20 bits per heavy atom. The molecule has 2 heteroatoms. The number of rotatable bonds is 5. The lowest BCUT2D eigenvalue weighted by atomic mass is 10.2. The summed E-state index contributed by atoms with van der Waals surface area (Å²) in [5.41, 5.74) is 0. The lowest BCUT2D eigenvalue weighted by Gasteiger charge is -1.82. The van der Waals surface area contributed by atoms with Gasteiger partial charge in [-0.25, -0.2) is 0 Å². The summed E-state index contributed by atoms with van der Waals surface area (Å²) in [6.45, 7) is 0. The predicted octanol–water partition coefficient (Wildman–Crippen LogP) is 1.83. The summed E-state index contributed by atoms with van der Waals surface area (Å²) in [7, 11) is 0. The fourth-order valence-corrected chi connectivity index (χ4v) is 0.548. The smallest absolute Gasteiger partial charge is 0.120 e. The van der Waals surface area contributed by atoms with Crippen molar-refractivity contribution in [2.45, 2.75) is 25.7 Å². The number of hydrogen-bond donors (Lipinski definition) is 0. The molecule has 0 atom stereocenters. The summed E-state index contributed by atoms with van der Waals surface area (Å²) in [5, 5.41) is 8.13. The van der Waals surface area contributed by atoms with E-state index in [1.165, 1.54) is 0 Å². The molecular formula is C8H11NO. The second-order valence-corrected chi connectivity index (χ2v) is 1.91. The van der Waals surface area contributed by atoms with Crippen molar-refractivity contribution < 1.29 is 4.79 Å². The predicted molar refractivity (Wildman–Crippen MR) is 39.3 cm³/mol. The number of aldehydes is 1. The minimum Gasteiger partial charge on any atom is -0.303 e. The van der Waals surface area contributed by atoms with Gasteiger partial charge in [0, 0.05) is 12.8 Å². The molecule has 0 aromatic rings. The van der Waals surface area contributed by atoms with E-state index in [-0.39, 0.29) is 0 Å². The van der Waals surface area contributed by atoms with Crippen LogP contribution in [0.3, 0.4) is 0 Å². The Bertz CT molecular complexity index is 144. The van der Waals surface area contributed by atoms with E-state index < -0.39 is 0 Å². The molecule has 10 heavy (non-hydrogen) atoms. The van der Waals surface area contributed by atoms with E-state index in [0.717, 1.165) is 19.1 Å². The van der Waals surface area contributed by atoms with E-state index >= 15 is 0 Å². The van der Waals surface area contributed by atoms with Crippen LogP contribution < -0.4 is 0 Å². The quantitative estimate of drug-likeness (QED) is 0.329. The molecule has 0 aromatic carbocycles. The number of carbonyl (C=O) groups excluding carboxylic acids is 1. The highest BCUT2D eigenvalue weighted by Gasteiger charge is 1.78. The normalized spacial score (nSPS) is 9.50. The second kappa shape index (κ2) is 7.90. The van der Waals surface area contributed by atoms with Gasteiger partial charge in [-0.1, -0.05) is 12.2 Å². The van der Waals surface area contributed by atoms with Gasteiger partial charge in [-0.2, -0.15) is 5.26 Å². The summed E-state index contributed by atoms with van der Waals surface area (Å²) in [6, 6.07) is 2.04. The third-order valence-corrected chi connectivity index (χ3v) is 1.04. The molecule has 0 rings (SSSR count). The number of allylic oxidation sites excluding steroid dienone is 2. The van der Waals surface area contributed by atoms with Gasteiger partial charge in [0.15, 0.2) is 0 Å². The zero-order valence-corrected chi connectivity index (χ0v) is 5.92. The Morgan fingerprint density at radius 3 is 2.50 bits per heavy atom. The summed E-state index contributed by atoms with van der Waals surface area (Å²) in [4.78, 5) is 9.81. The molecule has 0 aromatic heterocycles. The van der Waals surface area contributed by atoms with Crippen molar-refractivity contribution in [1.82, 2.24) is 0 Å². The Kier molecular flexibility index (Phi) is 7.03. The molecule has 0 radical (unpaired) electrons. The minimum atomic E-state index is 0.567. The summed E-state index contributed by atoms with van der Waals surface area (Å²) in [6.07, 6.45) is 7.53. The highest BCUT2D eigenvalue weighted by atomic mass is 16.1. The zero-order valence-electron chi connectivity index (χ0n) is 5.92. The van der Waals surface area contributed by atoms with Crippen LogP contribution in [0, 0.1) is 11.3 Å². The van der Waals surface area contributed by atoms with Crippen molar-refractivity contribution in [3.8, 4) is 6.07 Å². The average Bonchev–Trinajstić information content (AvgIpc) is 1.97. The van der Waals surface area contributed by atoms with Gasteiger partial charge in [0.25, 0.3) is 0 Å². The molecule has 0 aliphatic carbocycles. The molecule has 54 valence electrons.